The molecule has 2 heterocycles. The van der Waals surface area contributed by atoms with Crippen LogP contribution in [0.1, 0.15) is 5.82 Å². The minimum atomic E-state index is 0.647. The van der Waals surface area contributed by atoms with Crippen molar-refractivity contribution >= 4 is 5.69 Å². The molecular weight excluding hydrogens is 264 g/mol. The second-order valence-electron chi connectivity index (χ2n) is 5.26. The van der Waals surface area contributed by atoms with Crippen LogP contribution in [0.25, 0.3) is 0 Å². The molecule has 1 aromatic carbocycles. The summed E-state index contributed by atoms with van der Waals surface area (Å²) in [4.78, 5) is 6.71. The Labute approximate surface area is 125 Å². The van der Waals surface area contributed by atoms with Gasteiger partial charge in [0.25, 0.3) is 0 Å². The SMILES string of the molecule is Cn1ccnc1CCOc1ccccc1N1CCNCC1. The lowest BCUT2D eigenvalue weighted by Crippen LogP contribution is -2.43. The summed E-state index contributed by atoms with van der Waals surface area (Å²) in [5, 5.41) is 3.38. The Morgan fingerprint density at radius 3 is 2.81 bits per heavy atom. The third kappa shape index (κ3) is 3.36. The number of aryl methyl sites for hydroxylation is 1. The minimum Gasteiger partial charge on any atom is -0.491 e. The van der Waals surface area contributed by atoms with Crippen molar-refractivity contribution in [1.29, 1.82) is 0 Å². The fraction of sp³-hybridized carbons (Fsp3) is 0.438. The van der Waals surface area contributed by atoms with Crippen LogP contribution in [0.3, 0.4) is 0 Å². The summed E-state index contributed by atoms with van der Waals surface area (Å²) in [5.41, 5.74) is 1.19. The number of hydrogen-bond acceptors (Lipinski definition) is 4. The fourth-order valence-electron chi connectivity index (χ4n) is 2.64. The summed E-state index contributed by atoms with van der Waals surface area (Å²) in [6, 6.07) is 8.29. The van der Waals surface area contributed by atoms with Gasteiger partial charge < -0.3 is 19.5 Å². The van der Waals surface area contributed by atoms with Gasteiger partial charge >= 0.3 is 0 Å². The number of hydrogen-bond donors (Lipinski definition) is 1. The molecule has 0 amide bonds. The van der Waals surface area contributed by atoms with Crippen LogP contribution in [-0.4, -0.2) is 42.3 Å². The van der Waals surface area contributed by atoms with Gasteiger partial charge in [0.2, 0.25) is 0 Å². The van der Waals surface area contributed by atoms with Crippen molar-refractivity contribution < 1.29 is 4.74 Å². The lowest BCUT2D eigenvalue weighted by atomic mass is 10.2. The molecule has 0 bridgehead atoms. The average Bonchev–Trinajstić information content (AvgIpc) is 2.94. The maximum absolute atomic E-state index is 6.00. The van der Waals surface area contributed by atoms with Gasteiger partial charge in [-0.05, 0) is 12.1 Å². The zero-order valence-electron chi connectivity index (χ0n) is 12.5. The third-order valence-electron chi connectivity index (χ3n) is 3.83. The molecular formula is C16H22N4O. The van der Waals surface area contributed by atoms with E-state index >= 15 is 0 Å². The summed E-state index contributed by atoms with van der Waals surface area (Å²) in [6.07, 6.45) is 4.60. The molecule has 1 aliphatic heterocycles. The molecule has 1 saturated heterocycles. The maximum atomic E-state index is 6.00. The van der Waals surface area contributed by atoms with E-state index in [0.717, 1.165) is 44.2 Å². The molecule has 0 saturated carbocycles. The summed E-state index contributed by atoms with van der Waals surface area (Å²) >= 11 is 0. The molecule has 0 atom stereocenters. The first-order valence-corrected chi connectivity index (χ1v) is 7.48. The van der Waals surface area contributed by atoms with Crippen LogP contribution in [0, 0.1) is 0 Å². The molecule has 21 heavy (non-hydrogen) atoms. The van der Waals surface area contributed by atoms with Crippen molar-refractivity contribution in [3.63, 3.8) is 0 Å². The molecule has 0 aliphatic carbocycles. The van der Waals surface area contributed by atoms with E-state index in [1.807, 2.05) is 30.1 Å². The molecule has 3 rings (SSSR count). The predicted octanol–water partition coefficient (Wildman–Crippen LogP) is 1.45. The van der Waals surface area contributed by atoms with E-state index in [1.54, 1.807) is 0 Å². The second kappa shape index (κ2) is 6.63. The molecule has 1 aliphatic rings. The lowest BCUT2D eigenvalue weighted by Gasteiger charge is -2.30. The van der Waals surface area contributed by atoms with Crippen LogP contribution in [0.15, 0.2) is 36.7 Å². The van der Waals surface area contributed by atoms with Gasteiger partial charge in [-0.1, -0.05) is 12.1 Å². The van der Waals surface area contributed by atoms with Crippen LogP contribution in [0.2, 0.25) is 0 Å². The first-order valence-electron chi connectivity index (χ1n) is 7.48. The number of nitrogens with one attached hydrogen (secondary N) is 1. The first kappa shape index (κ1) is 13.9. The van der Waals surface area contributed by atoms with Gasteiger partial charge in [-0.25, -0.2) is 4.98 Å². The van der Waals surface area contributed by atoms with Crippen molar-refractivity contribution in [3.8, 4) is 5.75 Å². The number of piperazine rings is 1. The van der Waals surface area contributed by atoms with Gasteiger partial charge in [0.15, 0.2) is 0 Å². The van der Waals surface area contributed by atoms with E-state index in [9.17, 15) is 0 Å². The molecule has 2 aromatic rings. The van der Waals surface area contributed by atoms with E-state index < -0.39 is 0 Å². The number of ether oxygens (including phenoxy) is 1. The molecule has 5 heteroatoms. The molecule has 112 valence electrons. The second-order valence-corrected chi connectivity index (χ2v) is 5.26. The van der Waals surface area contributed by atoms with Crippen LogP contribution in [-0.2, 0) is 13.5 Å². The molecule has 0 spiro atoms. The zero-order valence-corrected chi connectivity index (χ0v) is 12.5. The van der Waals surface area contributed by atoms with Crippen LogP contribution < -0.4 is 15.0 Å². The largest absolute Gasteiger partial charge is 0.491 e. The Balaban J connectivity index is 1.63. The lowest BCUT2D eigenvalue weighted by molar-refractivity contribution is 0.317. The van der Waals surface area contributed by atoms with Crippen LogP contribution >= 0.6 is 0 Å². The number of nitrogens with zero attached hydrogens (tertiary/aromatic N) is 3. The van der Waals surface area contributed by atoms with Gasteiger partial charge in [-0.2, -0.15) is 0 Å². The number of anilines is 1. The average molecular weight is 286 g/mol. The van der Waals surface area contributed by atoms with Crippen LogP contribution in [0.4, 0.5) is 5.69 Å². The molecule has 0 radical (unpaired) electrons. The van der Waals surface area contributed by atoms with Crippen molar-refractivity contribution in [2.75, 3.05) is 37.7 Å². The summed E-state index contributed by atoms with van der Waals surface area (Å²) < 4.78 is 8.04. The molecule has 1 aromatic heterocycles. The predicted molar refractivity (Wildman–Crippen MR) is 83.9 cm³/mol. The third-order valence-corrected chi connectivity index (χ3v) is 3.83. The maximum Gasteiger partial charge on any atom is 0.142 e. The van der Waals surface area contributed by atoms with Gasteiger partial charge in [0.1, 0.15) is 11.6 Å². The summed E-state index contributed by atoms with van der Waals surface area (Å²) in [6.45, 7) is 4.76. The Bertz CT molecular complexity index is 575. The van der Waals surface area contributed by atoms with Crippen molar-refractivity contribution in [3.05, 3.63) is 42.5 Å². The Morgan fingerprint density at radius 2 is 2.05 bits per heavy atom. The Hall–Kier alpha value is -2.01. The van der Waals surface area contributed by atoms with E-state index in [-0.39, 0.29) is 0 Å². The molecule has 1 fully saturated rings. The molecule has 0 unspecified atom stereocenters. The van der Waals surface area contributed by atoms with Crippen molar-refractivity contribution in [1.82, 2.24) is 14.9 Å². The van der Waals surface area contributed by atoms with Crippen molar-refractivity contribution in [2.45, 2.75) is 6.42 Å². The highest BCUT2D eigenvalue weighted by Gasteiger charge is 2.14. The normalized spacial score (nSPS) is 15.2. The number of aromatic nitrogens is 2. The topological polar surface area (TPSA) is 42.3 Å². The highest BCUT2D eigenvalue weighted by atomic mass is 16.5. The van der Waals surface area contributed by atoms with Crippen LogP contribution in [0.5, 0.6) is 5.75 Å². The monoisotopic (exact) mass is 286 g/mol. The highest BCUT2D eigenvalue weighted by molar-refractivity contribution is 5.58. The standard InChI is InChI=1S/C16H22N4O/c1-19-10-9-18-16(19)6-13-21-15-5-3-2-4-14(15)20-11-7-17-8-12-20/h2-5,9-10,17H,6-8,11-13H2,1H3. The fourth-order valence-corrected chi connectivity index (χ4v) is 2.64. The van der Waals surface area contributed by atoms with Gasteiger partial charge in [0, 0.05) is 52.0 Å². The van der Waals surface area contributed by atoms with E-state index in [2.05, 4.69) is 33.4 Å². The number of imidazole rings is 1. The minimum absolute atomic E-state index is 0.647. The highest BCUT2D eigenvalue weighted by Crippen LogP contribution is 2.28. The molecule has 5 nitrogen and oxygen atoms in total. The van der Waals surface area contributed by atoms with Gasteiger partial charge in [0.05, 0.1) is 12.3 Å². The Kier molecular flexibility index (Phi) is 4.40. The van der Waals surface area contributed by atoms with Gasteiger partial charge in [-0.3, -0.25) is 0 Å². The smallest absolute Gasteiger partial charge is 0.142 e. The zero-order chi connectivity index (χ0) is 14.5. The summed E-state index contributed by atoms with van der Waals surface area (Å²) in [5.74, 6) is 2.02. The molecule has 1 N–H and O–H groups in total. The van der Waals surface area contributed by atoms with E-state index in [4.69, 9.17) is 4.74 Å². The summed E-state index contributed by atoms with van der Waals surface area (Å²) in [7, 11) is 2.01. The quantitative estimate of drug-likeness (QED) is 0.903. The first-order chi connectivity index (χ1) is 10.3. The van der Waals surface area contributed by atoms with E-state index in [1.165, 1.54) is 5.69 Å². The number of para-hydroxylation sites is 2. The van der Waals surface area contributed by atoms with E-state index in [0.29, 0.717) is 6.61 Å². The van der Waals surface area contributed by atoms with Crippen molar-refractivity contribution in [2.24, 2.45) is 7.05 Å². The van der Waals surface area contributed by atoms with Gasteiger partial charge in [-0.15, -0.1) is 0 Å². The number of rotatable bonds is 5. The Morgan fingerprint density at radius 1 is 1.24 bits per heavy atom. The number of benzene rings is 1.